The molecule has 3 N–H and O–H groups in total. The SMILES string of the molecule is NCC1CCCC1NC(=O)CCc1ncc(-c2ccc(Cl)cc2Cl)o1. The van der Waals surface area contributed by atoms with Crippen molar-refractivity contribution in [1.82, 2.24) is 10.3 Å². The van der Waals surface area contributed by atoms with Crippen LogP contribution in [0.1, 0.15) is 31.6 Å². The van der Waals surface area contributed by atoms with E-state index >= 15 is 0 Å². The van der Waals surface area contributed by atoms with Crippen LogP contribution in [0.5, 0.6) is 0 Å². The van der Waals surface area contributed by atoms with Gasteiger partial charge in [0.1, 0.15) is 0 Å². The van der Waals surface area contributed by atoms with Gasteiger partial charge in [0, 0.05) is 29.5 Å². The van der Waals surface area contributed by atoms with Crippen LogP contribution in [0.15, 0.2) is 28.8 Å². The van der Waals surface area contributed by atoms with Gasteiger partial charge in [0.25, 0.3) is 0 Å². The summed E-state index contributed by atoms with van der Waals surface area (Å²) in [5.41, 5.74) is 6.48. The lowest BCUT2D eigenvalue weighted by Crippen LogP contribution is -2.39. The lowest BCUT2D eigenvalue weighted by molar-refractivity contribution is -0.122. The van der Waals surface area contributed by atoms with Gasteiger partial charge in [-0.25, -0.2) is 4.98 Å². The summed E-state index contributed by atoms with van der Waals surface area (Å²) in [7, 11) is 0. The number of aromatic nitrogens is 1. The molecule has 1 amide bonds. The molecule has 1 heterocycles. The third kappa shape index (κ3) is 4.54. The molecular formula is C18H21Cl2N3O2. The standard InChI is InChI=1S/C18H21Cl2N3O2/c19-12-4-5-13(14(20)8-12)16-10-22-18(25-16)7-6-17(24)23-15-3-1-2-11(15)9-21/h4-5,8,10-11,15H,1-3,6-7,9,21H2,(H,23,24). The molecular weight excluding hydrogens is 361 g/mol. The van der Waals surface area contributed by atoms with Crippen LogP contribution in [0.4, 0.5) is 0 Å². The van der Waals surface area contributed by atoms with Gasteiger partial charge in [-0.15, -0.1) is 0 Å². The van der Waals surface area contributed by atoms with Gasteiger partial charge in [0.05, 0.1) is 11.2 Å². The van der Waals surface area contributed by atoms with E-state index in [1.807, 2.05) is 0 Å². The number of aryl methyl sites for hydroxylation is 1. The second-order valence-electron chi connectivity index (χ2n) is 6.34. The van der Waals surface area contributed by atoms with Crippen LogP contribution < -0.4 is 11.1 Å². The number of rotatable bonds is 6. The highest BCUT2D eigenvalue weighted by molar-refractivity contribution is 6.36. The average molecular weight is 382 g/mol. The van der Waals surface area contributed by atoms with Crippen LogP contribution in [-0.2, 0) is 11.2 Å². The second kappa shape index (κ2) is 8.21. The molecule has 0 radical (unpaired) electrons. The smallest absolute Gasteiger partial charge is 0.220 e. The number of hydrogen-bond donors (Lipinski definition) is 2. The van der Waals surface area contributed by atoms with Gasteiger partial charge in [-0.2, -0.15) is 0 Å². The predicted molar refractivity (Wildman–Crippen MR) is 98.6 cm³/mol. The van der Waals surface area contributed by atoms with Crippen molar-refractivity contribution in [3.63, 3.8) is 0 Å². The molecule has 25 heavy (non-hydrogen) atoms. The van der Waals surface area contributed by atoms with Crippen LogP contribution in [0.25, 0.3) is 11.3 Å². The van der Waals surface area contributed by atoms with Crippen molar-refractivity contribution in [1.29, 1.82) is 0 Å². The first-order valence-corrected chi connectivity index (χ1v) is 9.22. The summed E-state index contributed by atoms with van der Waals surface area (Å²) in [6, 6.07) is 5.39. The maximum Gasteiger partial charge on any atom is 0.220 e. The lowest BCUT2D eigenvalue weighted by Gasteiger charge is -2.19. The van der Waals surface area contributed by atoms with E-state index in [2.05, 4.69) is 10.3 Å². The molecule has 0 saturated heterocycles. The lowest BCUT2D eigenvalue weighted by atomic mass is 10.0. The zero-order valence-corrected chi connectivity index (χ0v) is 15.3. The molecule has 5 nitrogen and oxygen atoms in total. The molecule has 3 rings (SSSR count). The van der Waals surface area contributed by atoms with Crippen molar-refractivity contribution in [3.05, 3.63) is 40.3 Å². The van der Waals surface area contributed by atoms with E-state index in [0.29, 0.717) is 47.0 Å². The van der Waals surface area contributed by atoms with Gasteiger partial charge in [-0.3, -0.25) is 4.79 Å². The van der Waals surface area contributed by atoms with Gasteiger partial charge >= 0.3 is 0 Å². The molecule has 1 fully saturated rings. The minimum atomic E-state index is 0.00891. The Morgan fingerprint density at radius 1 is 1.36 bits per heavy atom. The Kier molecular flexibility index (Phi) is 5.99. The van der Waals surface area contributed by atoms with Crippen molar-refractivity contribution in [3.8, 4) is 11.3 Å². The molecule has 0 bridgehead atoms. The largest absolute Gasteiger partial charge is 0.441 e. The van der Waals surface area contributed by atoms with Crippen molar-refractivity contribution < 1.29 is 9.21 Å². The van der Waals surface area contributed by atoms with E-state index in [0.717, 1.165) is 24.8 Å². The van der Waals surface area contributed by atoms with Gasteiger partial charge in [-0.05, 0) is 43.5 Å². The first kappa shape index (κ1) is 18.2. The van der Waals surface area contributed by atoms with Crippen molar-refractivity contribution in [2.24, 2.45) is 11.7 Å². The number of benzene rings is 1. The summed E-state index contributed by atoms with van der Waals surface area (Å²) in [5.74, 6) is 1.48. The summed E-state index contributed by atoms with van der Waals surface area (Å²) in [4.78, 5) is 16.4. The van der Waals surface area contributed by atoms with E-state index < -0.39 is 0 Å². The van der Waals surface area contributed by atoms with Gasteiger partial charge in [0.2, 0.25) is 5.91 Å². The number of oxazole rings is 1. The highest BCUT2D eigenvalue weighted by atomic mass is 35.5. The van der Waals surface area contributed by atoms with Crippen LogP contribution in [0, 0.1) is 5.92 Å². The van der Waals surface area contributed by atoms with E-state index in [4.69, 9.17) is 33.4 Å². The van der Waals surface area contributed by atoms with Crippen LogP contribution in [0.2, 0.25) is 10.0 Å². The number of nitrogens with one attached hydrogen (secondary N) is 1. The van der Waals surface area contributed by atoms with E-state index in [1.165, 1.54) is 0 Å². The van der Waals surface area contributed by atoms with Gasteiger partial charge in [-0.1, -0.05) is 29.6 Å². The summed E-state index contributed by atoms with van der Waals surface area (Å²) in [6.07, 6.45) is 5.61. The van der Waals surface area contributed by atoms with Crippen LogP contribution >= 0.6 is 23.2 Å². The topological polar surface area (TPSA) is 81.1 Å². The average Bonchev–Trinajstić information content (AvgIpc) is 3.22. The Morgan fingerprint density at radius 2 is 2.20 bits per heavy atom. The molecule has 1 aliphatic carbocycles. The molecule has 7 heteroatoms. The van der Waals surface area contributed by atoms with E-state index in [-0.39, 0.29) is 11.9 Å². The number of carbonyl (C=O) groups excluding carboxylic acids is 1. The molecule has 1 aromatic heterocycles. The number of halogens is 2. The molecule has 2 unspecified atom stereocenters. The fraction of sp³-hybridized carbons (Fsp3) is 0.444. The normalized spacial score (nSPS) is 20.0. The molecule has 2 atom stereocenters. The number of nitrogens with zero attached hydrogens (tertiary/aromatic N) is 1. The number of hydrogen-bond acceptors (Lipinski definition) is 4. The zero-order valence-electron chi connectivity index (χ0n) is 13.8. The second-order valence-corrected chi connectivity index (χ2v) is 7.19. The Balaban J connectivity index is 1.55. The predicted octanol–water partition coefficient (Wildman–Crippen LogP) is 3.82. The quantitative estimate of drug-likeness (QED) is 0.796. The van der Waals surface area contributed by atoms with Crippen molar-refractivity contribution in [2.75, 3.05) is 6.54 Å². The number of amides is 1. The first-order chi connectivity index (χ1) is 12.1. The minimum absolute atomic E-state index is 0.00891. The van der Waals surface area contributed by atoms with E-state index in [1.54, 1.807) is 24.4 Å². The van der Waals surface area contributed by atoms with Crippen molar-refractivity contribution >= 4 is 29.1 Å². The fourth-order valence-electron chi connectivity index (χ4n) is 3.25. The summed E-state index contributed by atoms with van der Waals surface area (Å²) >= 11 is 12.1. The first-order valence-electron chi connectivity index (χ1n) is 8.46. The summed E-state index contributed by atoms with van der Waals surface area (Å²) in [6.45, 7) is 0.621. The molecule has 1 saturated carbocycles. The molecule has 1 aliphatic rings. The minimum Gasteiger partial charge on any atom is -0.441 e. The Morgan fingerprint density at radius 3 is 2.96 bits per heavy atom. The van der Waals surface area contributed by atoms with Crippen molar-refractivity contribution in [2.45, 2.75) is 38.1 Å². The van der Waals surface area contributed by atoms with Crippen LogP contribution in [0.3, 0.4) is 0 Å². The maximum atomic E-state index is 12.1. The Bertz CT molecular complexity index is 748. The number of nitrogens with two attached hydrogens (primary N) is 1. The summed E-state index contributed by atoms with van der Waals surface area (Å²) < 4.78 is 5.71. The van der Waals surface area contributed by atoms with E-state index in [9.17, 15) is 4.79 Å². The Hall–Kier alpha value is -1.56. The van der Waals surface area contributed by atoms with Gasteiger partial charge in [0.15, 0.2) is 11.7 Å². The number of carbonyl (C=O) groups is 1. The zero-order chi connectivity index (χ0) is 17.8. The van der Waals surface area contributed by atoms with Gasteiger partial charge < -0.3 is 15.5 Å². The van der Waals surface area contributed by atoms with Crippen LogP contribution in [-0.4, -0.2) is 23.5 Å². The molecule has 134 valence electrons. The maximum absolute atomic E-state index is 12.1. The Labute approximate surface area is 156 Å². The molecule has 2 aromatic rings. The monoisotopic (exact) mass is 381 g/mol. The molecule has 0 spiro atoms. The molecule has 1 aromatic carbocycles. The highest BCUT2D eigenvalue weighted by Gasteiger charge is 2.27. The highest BCUT2D eigenvalue weighted by Crippen LogP contribution is 2.31. The third-order valence-corrected chi connectivity index (χ3v) is 5.17. The summed E-state index contributed by atoms with van der Waals surface area (Å²) in [5, 5.41) is 4.14. The fourth-order valence-corrected chi connectivity index (χ4v) is 3.75. The molecule has 0 aliphatic heterocycles. The third-order valence-electron chi connectivity index (χ3n) is 4.62.